The van der Waals surface area contributed by atoms with Crippen LogP contribution in [0.2, 0.25) is 0 Å². The number of rotatable bonds is 4. The lowest BCUT2D eigenvalue weighted by Gasteiger charge is -2.33. The summed E-state index contributed by atoms with van der Waals surface area (Å²) in [5.74, 6) is 0.343. The highest BCUT2D eigenvalue weighted by Gasteiger charge is 2.34. The fraction of sp³-hybridized carbons (Fsp3) is 0.263. The maximum absolute atomic E-state index is 12.7. The van der Waals surface area contributed by atoms with E-state index in [9.17, 15) is 9.59 Å². The van der Waals surface area contributed by atoms with Crippen LogP contribution in [-0.2, 0) is 14.3 Å². The summed E-state index contributed by atoms with van der Waals surface area (Å²) in [6.07, 6.45) is -0.859. The second kappa shape index (κ2) is 7.25. The molecule has 0 saturated carbocycles. The molecule has 6 nitrogen and oxygen atoms in total. The minimum atomic E-state index is -0.859. The molecule has 0 bridgehead atoms. The molecule has 0 fully saturated rings. The van der Waals surface area contributed by atoms with Crippen LogP contribution < -0.4 is 14.4 Å². The van der Waals surface area contributed by atoms with Crippen LogP contribution in [-0.4, -0.2) is 38.2 Å². The van der Waals surface area contributed by atoms with Crippen molar-refractivity contribution in [1.29, 1.82) is 0 Å². The Bertz CT molecular complexity index is 789. The molecule has 1 heterocycles. The molecule has 1 aliphatic heterocycles. The van der Waals surface area contributed by atoms with E-state index in [4.69, 9.17) is 14.2 Å². The van der Waals surface area contributed by atoms with Crippen LogP contribution in [0.15, 0.2) is 48.5 Å². The molecule has 0 spiro atoms. The number of ether oxygens (including phenoxy) is 3. The van der Waals surface area contributed by atoms with Crippen molar-refractivity contribution in [1.82, 2.24) is 0 Å². The first kappa shape index (κ1) is 16.8. The van der Waals surface area contributed by atoms with Crippen LogP contribution >= 0.6 is 0 Å². The van der Waals surface area contributed by atoms with E-state index < -0.39 is 12.1 Å². The average Bonchev–Trinajstić information content (AvgIpc) is 2.65. The maximum atomic E-state index is 12.7. The topological polar surface area (TPSA) is 65.1 Å². The SMILES string of the molecule is COC(=O)[C@H]1CN(C(=O)COc2ccccc2C)c2ccccc2O1. The third kappa shape index (κ3) is 3.57. The fourth-order valence-corrected chi connectivity index (χ4v) is 2.66. The van der Waals surface area contributed by atoms with Crippen molar-refractivity contribution in [3.8, 4) is 11.5 Å². The zero-order valence-electron chi connectivity index (χ0n) is 14.1. The highest BCUT2D eigenvalue weighted by molar-refractivity contribution is 5.97. The lowest BCUT2D eigenvalue weighted by Crippen LogP contribution is -2.48. The molecule has 0 radical (unpaired) electrons. The van der Waals surface area contributed by atoms with Gasteiger partial charge in [-0.1, -0.05) is 30.3 Å². The van der Waals surface area contributed by atoms with Gasteiger partial charge in [0, 0.05) is 0 Å². The molecule has 0 N–H and O–H groups in total. The van der Waals surface area contributed by atoms with Crippen molar-refractivity contribution in [3.05, 3.63) is 54.1 Å². The van der Waals surface area contributed by atoms with Crippen molar-refractivity contribution < 1.29 is 23.8 Å². The number of hydrogen-bond donors (Lipinski definition) is 0. The van der Waals surface area contributed by atoms with Crippen molar-refractivity contribution in [3.63, 3.8) is 0 Å². The third-order valence-corrected chi connectivity index (χ3v) is 3.98. The predicted octanol–water partition coefficient (Wildman–Crippen LogP) is 2.34. The summed E-state index contributed by atoms with van der Waals surface area (Å²) >= 11 is 0. The Morgan fingerprint density at radius 3 is 2.64 bits per heavy atom. The van der Waals surface area contributed by atoms with Gasteiger partial charge in [-0.05, 0) is 30.7 Å². The van der Waals surface area contributed by atoms with E-state index in [1.54, 1.807) is 18.2 Å². The number of carbonyl (C=O) groups is 2. The highest BCUT2D eigenvalue weighted by Crippen LogP contribution is 2.33. The monoisotopic (exact) mass is 341 g/mol. The van der Waals surface area contributed by atoms with Gasteiger partial charge in [0.2, 0.25) is 6.10 Å². The molecule has 2 aromatic rings. The number of benzene rings is 2. The minimum absolute atomic E-state index is 0.0830. The Labute approximate surface area is 145 Å². The summed E-state index contributed by atoms with van der Waals surface area (Å²) in [6.45, 7) is 1.86. The summed E-state index contributed by atoms with van der Waals surface area (Å²) in [7, 11) is 1.29. The number of esters is 1. The fourth-order valence-electron chi connectivity index (χ4n) is 2.66. The molecule has 25 heavy (non-hydrogen) atoms. The number of carbonyl (C=O) groups excluding carboxylic acids is 2. The zero-order valence-corrected chi connectivity index (χ0v) is 14.1. The van der Waals surface area contributed by atoms with E-state index in [0.717, 1.165) is 5.56 Å². The molecule has 0 aromatic heterocycles. The van der Waals surface area contributed by atoms with Crippen molar-refractivity contribution in [2.75, 3.05) is 25.2 Å². The van der Waals surface area contributed by atoms with Gasteiger partial charge in [-0.25, -0.2) is 4.79 Å². The van der Waals surface area contributed by atoms with Crippen LogP contribution in [0.1, 0.15) is 5.56 Å². The van der Waals surface area contributed by atoms with Gasteiger partial charge in [-0.15, -0.1) is 0 Å². The van der Waals surface area contributed by atoms with Gasteiger partial charge >= 0.3 is 5.97 Å². The lowest BCUT2D eigenvalue weighted by atomic mass is 10.2. The molecule has 0 unspecified atom stereocenters. The van der Waals surface area contributed by atoms with E-state index in [1.807, 2.05) is 37.3 Å². The quantitative estimate of drug-likeness (QED) is 0.799. The first-order valence-corrected chi connectivity index (χ1v) is 7.92. The van der Waals surface area contributed by atoms with Crippen LogP contribution in [0, 0.1) is 6.92 Å². The predicted molar refractivity (Wildman–Crippen MR) is 91.9 cm³/mol. The summed E-state index contributed by atoms with van der Waals surface area (Å²) in [4.78, 5) is 26.0. The average molecular weight is 341 g/mol. The van der Waals surface area contributed by atoms with Crippen LogP contribution in [0.25, 0.3) is 0 Å². The molecular weight excluding hydrogens is 322 g/mol. The van der Waals surface area contributed by atoms with Crippen LogP contribution in [0.5, 0.6) is 11.5 Å². The number of hydrogen-bond acceptors (Lipinski definition) is 5. The number of amides is 1. The molecule has 1 amide bonds. The van der Waals surface area contributed by atoms with Gasteiger partial charge in [0.15, 0.2) is 6.61 Å². The number of para-hydroxylation sites is 3. The largest absolute Gasteiger partial charge is 0.483 e. The Kier molecular flexibility index (Phi) is 4.88. The second-order valence-corrected chi connectivity index (χ2v) is 5.66. The molecule has 2 aromatic carbocycles. The Morgan fingerprint density at radius 2 is 1.88 bits per heavy atom. The van der Waals surface area contributed by atoms with E-state index in [1.165, 1.54) is 12.0 Å². The lowest BCUT2D eigenvalue weighted by molar-refractivity contribution is -0.148. The standard InChI is InChI=1S/C19H19NO5/c1-13-7-3-5-9-15(13)24-12-18(21)20-11-17(19(22)23-2)25-16-10-6-4-8-14(16)20/h3-10,17H,11-12H2,1-2H3/t17-/m1/s1. The van der Waals surface area contributed by atoms with Gasteiger partial charge in [0.1, 0.15) is 11.5 Å². The molecule has 3 rings (SSSR count). The third-order valence-electron chi connectivity index (χ3n) is 3.98. The molecule has 1 aliphatic rings. The zero-order chi connectivity index (χ0) is 17.8. The minimum Gasteiger partial charge on any atom is -0.483 e. The van der Waals surface area contributed by atoms with E-state index in [-0.39, 0.29) is 19.1 Å². The first-order valence-electron chi connectivity index (χ1n) is 7.92. The van der Waals surface area contributed by atoms with Gasteiger partial charge in [0.05, 0.1) is 19.3 Å². The van der Waals surface area contributed by atoms with Gasteiger partial charge in [0.25, 0.3) is 5.91 Å². The van der Waals surface area contributed by atoms with Gasteiger partial charge < -0.3 is 19.1 Å². The number of aryl methyl sites for hydroxylation is 1. The molecule has 0 aliphatic carbocycles. The van der Waals surface area contributed by atoms with E-state index >= 15 is 0 Å². The number of nitrogens with zero attached hydrogens (tertiary/aromatic N) is 1. The Morgan fingerprint density at radius 1 is 1.16 bits per heavy atom. The second-order valence-electron chi connectivity index (χ2n) is 5.66. The molecule has 0 saturated heterocycles. The smallest absolute Gasteiger partial charge is 0.348 e. The number of methoxy groups -OCH3 is 1. The molecule has 6 heteroatoms. The first-order chi connectivity index (χ1) is 12.1. The molecule has 1 atom stereocenters. The Hall–Kier alpha value is -3.02. The molecule has 130 valence electrons. The molecular formula is C19H19NO5. The van der Waals surface area contributed by atoms with Gasteiger partial charge in [-0.3, -0.25) is 4.79 Å². The normalized spacial score (nSPS) is 15.8. The number of anilines is 1. The van der Waals surface area contributed by atoms with E-state index in [0.29, 0.717) is 17.2 Å². The highest BCUT2D eigenvalue weighted by atomic mass is 16.6. The van der Waals surface area contributed by atoms with Crippen molar-refractivity contribution in [2.24, 2.45) is 0 Å². The summed E-state index contributed by atoms with van der Waals surface area (Å²) < 4.78 is 16.0. The maximum Gasteiger partial charge on any atom is 0.348 e. The van der Waals surface area contributed by atoms with Crippen molar-refractivity contribution >= 4 is 17.6 Å². The number of fused-ring (bicyclic) bond motifs is 1. The Balaban J connectivity index is 1.78. The van der Waals surface area contributed by atoms with Crippen LogP contribution in [0.4, 0.5) is 5.69 Å². The summed E-state index contributed by atoms with van der Waals surface area (Å²) in [6, 6.07) is 14.6. The van der Waals surface area contributed by atoms with E-state index in [2.05, 4.69) is 0 Å². The van der Waals surface area contributed by atoms with Crippen molar-refractivity contribution in [2.45, 2.75) is 13.0 Å². The summed E-state index contributed by atoms with van der Waals surface area (Å²) in [5, 5.41) is 0. The van der Waals surface area contributed by atoms with Crippen LogP contribution in [0.3, 0.4) is 0 Å². The van der Waals surface area contributed by atoms with Gasteiger partial charge in [-0.2, -0.15) is 0 Å². The summed E-state index contributed by atoms with van der Waals surface area (Å²) in [5.41, 5.74) is 1.56.